The van der Waals surface area contributed by atoms with Crippen LogP contribution in [-0.2, 0) is 65.2 Å². The van der Waals surface area contributed by atoms with Crippen LogP contribution in [0.3, 0.4) is 0 Å². The summed E-state index contributed by atoms with van der Waals surface area (Å²) in [6, 6.07) is 11.5. The van der Waals surface area contributed by atoms with E-state index in [9.17, 15) is 48.3 Å². The van der Waals surface area contributed by atoms with E-state index in [1.807, 2.05) is 6.92 Å². The van der Waals surface area contributed by atoms with Gasteiger partial charge >= 0.3 is 24.2 Å². The Bertz CT molecular complexity index is 2970. The first-order valence-electron chi connectivity index (χ1n) is 25.2. The fourth-order valence-electron chi connectivity index (χ4n) is 9.32. The Hall–Kier alpha value is -7.88. The van der Waals surface area contributed by atoms with Crippen molar-refractivity contribution in [2.75, 3.05) is 39.0 Å². The third-order valence-corrected chi connectivity index (χ3v) is 14.2. The number of rotatable bonds is 21. The largest absolute Gasteiger partial charge is 0.458 e. The molecule has 0 unspecified atom stereocenters. The molecule has 2 aliphatic heterocycles. The second-order valence-electron chi connectivity index (χ2n) is 19.6. The number of nitrogens with two attached hydrogens (primary N) is 1. The number of nitrogens with one attached hydrogen (secondary N) is 4. The molecule has 3 aliphatic rings. The van der Waals surface area contributed by atoms with Crippen molar-refractivity contribution in [2.45, 2.75) is 122 Å². The van der Waals surface area contributed by atoms with Crippen LogP contribution in [0.15, 0.2) is 53.3 Å². The van der Waals surface area contributed by atoms with Gasteiger partial charge in [0.25, 0.3) is 5.56 Å². The van der Waals surface area contributed by atoms with Gasteiger partial charge in [-0.25, -0.2) is 24.2 Å². The lowest BCUT2D eigenvalue weighted by Crippen LogP contribution is -2.65. The number of hydrogen-bond donors (Lipinski definition) is 6. The summed E-state index contributed by atoms with van der Waals surface area (Å²) in [5.74, 6) is -2.31. The van der Waals surface area contributed by atoms with Gasteiger partial charge in [-0.05, 0) is 92.5 Å². The smallest absolute Gasteiger partial charge is 0.415 e. The molecule has 1 fully saturated rings. The number of ketones is 1. The van der Waals surface area contributed by atoms with Crippen molar-refractivity contribution in [3.8, 4) is 17.1 Å². The minimum absolute atomic E-state index is 0.0284. The molecule has 0 saturated heterocycles. The van der Waals surface area contributed by atoms with Crippen LogP contribution in [0, 0.1) is 5.92 Å². The lowest BCUT2D eigenvalue weighted by atomic mass is 9.75. The molecule has 0 spiro atoms. The Morgan fingerprint density at radius 2 is 1.64 bits per heavy atom. The highest BCUT2D eigenvalue weighted by atomic mass is 16.6. The predicted octanol–water partition coefficient (Wildman–Crippen LogP) is 4.26. The van der Waals surface area contributed by atoms with Gasteiger partial charge in [0.2, 0.25) is 17.7 Å². The number of amides is 7. The number of hydrogen-bond acceptors (Lipinski definition) is 14. The van der Waals surface area contributed by atoms with Crippen molar-refractivity contribution in [1.82, 2.24) is 35.3 Å². The summed E-state index contributed by atoms with van der Waals surface area (Å²) in [6.45, 7) is 7.36. The molecule has 2 aromatic heterocycles. The fraction of sp³-hybridized carbons (Fsp3) is 0.472. The molecule has 7 N–H and O–H groups in total. The maximum Gasteiger partial charge on any atom is 0.415 e. The molecule has 2 aromatic carbocycles. The molecule has 0 radical (unpaired) electrons. The normalized spacial score (nSPS) is 16.2. The molecule has 7 amide bonds. The summed E-state index contributed by atoms with van der Waals surface area (Å²) < 4.78 is 18.0. The Balaban J connectivity index is 0.899. The third kappa shape index (κ3) is 12.1. The Morgan fingerprint density at radius 1 is 0.933 bits per heavy atom. The number of pyridine rings is 2. The number of esters is 1. The molecule has 400 valence electrons. The zero-order valence-electron chi connectivity index (χ0n) is 43.1. The number of aromatic nitrogens is 2. The van der Waals surface area contributed by atoms with E-state index in [2.05, 4.69) is 21.3 Å². The topological polar surface area (TPSA) is 300 Å². The Labute approximate surface area is 433 Å². The molecule has 4 heterocycles. The van der Waals surface area contributed by atoms with Crippen LogP contribution in [-0.4, -0.2) is 117 Å². The van der Waals surface area contributed by atoms with Crippen molar-refractivity contribution in [3.63, 3.8) is 0 Å². The van der Waals surface area contributed by atoms with Crippen molar-refractivity contribution in [2.24, 2.45) is 11.7 Å². The molecule has 1 saturated carbocycles. The van der Waals surface area contributed by atoms with Crippen LogP contribution in [0.1, 0.15) is 107 Å². The number of urea groups is 1. The number of aliphatic hydroxyl groups is 1. The predicted molar refractivity (Wildman–Crippen MR) is 273 cm³/mol. The summed E-state index contributed by atoms with van der Waals surface area (Å²) in [5, 5.41) is 22.8. The van der Waals surface area contributed by atoms with E-state index in [0.717, 1.165) is 16.5 Å². The van der Waals surface area contributed by atoms with E-state index in [4.69, 9.17) is 24.9 Å². The van der Waals surface area contributed by atoms with Gasteiger partial charge in [-0.2, -0.15) is 0 Å². The second-order valence-corrected chi connectivity index (χ2v) is 19.6. The SMILES string of the molecule is CCc1c2c(nc3ccc(OC(=O)N(C)CCN(C)C(=O)OCc4ccc(NC(=O)[C@H](CCCNC(N)=O)NC(=O)C5(NC(=O)CCC(=O)C(C)C)CCC5)cc4)cc13)-c1cc3c(c(=O)n1C2)COC(=O)[C@]3(O)CC. The number of aryl methyl sites for hydroxylation is 1. The second kappa shape index (κ2) is 23.1. The average Bonchev–Trinajstić information content (AvgIpc) is 3.74. The van der Waals surface area contributed by atoms with Crippen LogP contribution in [0.5, 0.6) is 5.75 Å². The molecule has 0 bridgehead atoms. The van der Waals surface area contributed by atoms with E-state index in [1.54, 1.807) is 73.9 Å². The van der Waals surface area contributed by atoms with Gasteiger partial charge in [-0.15, -0.1) is 0 Å². The highest BCUT2D eigenvalue weighted by Crippen LogP contribution is 2.41. The maximum absolute atomic E-state index is 13.7. The summed E-state index contributed by atoms with van der Waals surface area (Å²) in [6.07, 6.45) is 1.11. The van der Waals surface area contributed by atoms with E-state index in [1.165, 1.54) is 23.9 Å². The molecule has 22 nitrogen and oxygen atoms in total. The first kappa shape index (κ1) is 54.9. The summed E-state index contributed by atoms with van der Waals surface area (Å²) in [4.78, 5) is 123. The molecule has 22 heteroatoms. The number of ether oxygens (including phenoxy) is 3. The van der Waals surface area contributed by atoms with Gasteiger partial charge in [0.05, 0.1) is 29.0 Å². The first-order chi connectivity index (χ1) is 35.7. The lowest BCUT2D eigenvalue weighted by molar-refractivity contribution is -0.172. The number of anilines is 1. The molecule has 1 aliphatic carbocycles. The minimum atomic E-state index is -1.95. The Morgan fingerprint density at radius 3 is 2.28 bits per heavy atom. The van der Waals surface area contributed by atoms with E-state index in [0.29, 0.717) is 60.3 Å². The maximum atomic E-state index is 13.7. The van der Waals surface area contributed by atoms with Gasteiger partial charge in [0.1, 0.15) is 36.3 Å². The first-order valence-corrected chi connectivity index (χ1v) is 25.2. The average molecular weight is 1040 g/mol. The number of likely N-dealkylation sites (N-methyl/N-ethyl adjacent to an activating group) is 2. The number of primary amides is 1. The van der Waals surface area contributed by atoms with Crippen molar-refractivity contribution < 1.29 is 57.7 Å². The quantitative estimate of drug-likeness (QED) is 0.0442. The number of cyclic esters (lactones) is 1. The summed E-state index contributed by atoms with van der Waals surface area (Å²) in [7, 11) is 3.06. The van der Waals surface area contributed by atoms with E-state index in [-0.39, 0.29) is 99.2 Å². The van der Waals surface area contributed by atoms with Crippen LogP contribution < -0.4 is 37.3 Å². The van der Waals surface area contributed by atoms with Gasteiger partial charge in [-0.1, -0.05) is 39.8 Å². The lowest BCUT2D eigenvalue weighted by Gasteiger charge is -2.41. The number of fused-ring (bicyclic) bond motifs is 5. The van der Waals surface area contributed by atoms with Gasteiger partial charge in [0.15, 0.2) is 5.60 Å². The van der Waals surface area contributed by atoms with Crippen LogP contribution in [0.25, 0.3) is 22.3 Å². The molecular weight excluding hydrogens is 971 g/mol. The summed E-state index contributed by atoms with van der Waals surface area (Å²) in [5.41, 5.74) is 6.49. The molecule has 75 heavy (non-hydrogen) atoms. The fourth-order valence-corrected chi connectivity index (χ4v) is 9.32. The van der Waals surface area contributed by atoms with Crippen LogP contribution in [0.4, 0.5) is 20.1 Å². The summed E-state index contributed by atoms with van der Waals surface area (Å²) >= 11 is 0. The van der Waals surface area contributed by atoms with Crippen molar-refractivity contribution in [1.29, 1.82) is 0 Å². The van der Waals surface area contributed by atoms with Gasteiger partial charge in [0, 0.05) is 74.7 Å². The van der Waals surface area contributed by atoms with Crippen molar-refractivity contribution >= 4 is 64.3 Å². The van der Waals surface area contributed by atoms with Gasteiger partial charge in [-0.3, -0.25) is 24.0 Å². The minimum Gasteiger partial charge on any atom is -0.458 e. The van der Waals surface area contributed by atoms with E-state index < -0.39 is 59.1 Å². The number of carbonyl (C=O) groups is 8. The molecular formula is C53H65N9O13. The zero-order valence-corrected chi connectivity index (χ0v) is 43.1. The highest BCUT2D eigenvalue weighted by molar-refractivity contribution is 6.00. The van der Waals surface area contributed by atoms with Crippen LogP contribution >= 0.6 is 0 Å². The molecule has 4 aromatic rings. The molecule has 2 atom stereocenters. The number of Topliss-reactive ketones (excluding diaryl/α,β-unsaturated/α-hetero) is 1. The molecule has 7 rings (SSSR count). The van der Waals surface area contributed by atoms with E-state index >= 15 is 0 Å². The van der Waals surface area contributed by atoms with Crippen LogP contribution in [0.2, 0.25) is 0 Å². The number of benzene rings is 2. The Kier molecular flexibility index (Phi) is 16.9. The number of carbonyl (C=O) groups excluding carboxylic acids is 8. The zero-order chi connectivity index (χ0) is 54.4. The number of nitrogens with zero attached hydrogens (tertiary/aromatic N) is 4. The van der Waals surface area contributed by atoms with Crippen molar-refractivity contribution in [3.05, 3.63) is 86.7 Å². The third-order valence-electron chi connectivity index (χ3n) is 14.2. The highest BCUT2D eigenvalue weighted by Gasteiger charge is 2.47. The standard InChI is InChI=1S/C53H65N9O13/c1-7-34-35-25-33(16-17-39(35)57-44-36(34)27-62-41(44)26-38-37(46(62)66)29-73-48(68)53(38,72)8-2)75-51(71)61(6)24-23-60(5)50(70)74-28-31-12-14-32(15-13-31)56-45(65)40(11-9-22-55-49(54)69)58-47(67)52(20-10-21-52)59-43(64)19-18-42(63)30(3)4/h12-17,25-26,30,40,72H,7-11,18-24,27-29H2,1-6H3,(H,56,65)(H,58,67)(H,59,64)(H3,54,55,69)/t40-,53-/m0/s1. The van der Waals surface area contributed by atoms with Gasteiger partial charge < -0.3 is 60.7 Å². The monoisotopic (exact) mass is 1040 g/mol.